The molecule has 0 heterocycles. The topological polar surface area (TPSA) is 0 Å². The molecule has 2 aromatic rings. The van der Waals surface area contributed by atoms with Crippen LogP contribution in [0.1, 0.15) is 117 Å². The van der Waals surface area contributed by atoms with E-state index in [9.17, 15) is 0 Å². The van der Waals surface area contributed by atoms with E-state index in [0.29, 0.717) is 5.92 Å². The van der Waals surface area contributed by atoms with E-state index in [0.717, 1.165) is 6.42 Å². The van der Waals surface area contributed by atoms with Gasteiger partial charge in [0.1, 0.15) is 0 Å². The molecule has 3 aliphatic rings. The number of rotatable bonds is 0. The van der Waals surface area contributed by atoms with Crippen molar-refractivity contribution in [1.82, 2.24) is 0 Å². The molecule has 1 atom stereocenters. The molecule has 1 heteroatoms. The van der Waals surface area contributed by atoms with E-state index in [1.54, 1.807) is 27.4 Å². The first-order valence-corrected chi connectivity index (χ1v) is 15.0. The van der Waals surface area contributed by atoms with Crippen LogP contribution >= 0.6 is 0 Å². The van der Waals surface area contributed by atoms with Crippen LogP contribution in [0.3, 0.4) is 0 Å². The zero-order valence-electron chi connectivity index (χ0n) is 24.3. The molecule has 1 saturated carbocycles. The molecule has 0 saturated heterocycles. The average Bonchev–Trinajstić information content (AvgIpc) is 3.30. The fourth-order valence-corrected chi connectivity index (χ4v) is 5.83. The number of hydrogen-bond acceptors (Lipinski definition) is 0. The summed E-state index contributed by atoms with van der Waals surface area (Å²) in [6.07, 6.45) is 13.9. The molecule has 36 heavy (non-hydrogen) atoms. The van der Waals surface area contributed by atoms with Crippen LogP contribution in [-0.4, -0.2) is 3.21 Å². The van der Waals surface area contributed by atoms with Gasteiger partial charge in [-0.1, -0.05) is 96.0 Å². The van der Waals surface area contributed by atoms with Gasteiger partial charge in [0.25, 0.3) is 0 Å². The van der Waals surface area contributed by atoms with E-state index in [4.69, 9.17) is 0 Å². The van der Waals surface area contributed by atoms with Crippen molar-refractivity contribution in [3.8, 4) is 11.1 Å². The van der Waals surface area contributed by atoms with Crippen LogP contribution in [-0.2, 0) is 41.5 Å². The molecule has 1 unspecified atom stereocenters. The van der Waals surface area contributed by atoms with E-state index >= 15 is 0 Å². The Bertz CT molecular complexity index is 1060. The Morgan fingerprint density at radius 2 is 1.44 bits per heavy atom. The molecular weight excluding hydrogens is 512 g/mol. The van der Waals surface area contributed by atoms with Crippen molar-refractivity contribution in [3.05, 3.63) is 82.0 Å². The standard InChI is InChI=1S/C21H25.C8H11.C6H10.Zr/c1-20(2,3)16-9-7-14-11-15-8-10-17(21(4,5)6)13-19(15)18(14)12-16;1-6-4-7(2)8(3)5-6;1-2-4-6-5-3-1;/h7,9-10,12-13H,11H2,1-6H3;4,6H,1-3H3;1-5H2;/q2*-1;;+2. The molecule has 0 bridgehead atoms. The van der Waals surface area contributed by atoms with Gasteiger partial charge >= 0.3 is 59.5 Å². The van der Waals surface area contributed by atoms with Crippen LogP contribution in [0.2, 0.25) is 0 Å². The van der Waals surface area contributed by atoms with Crippen molar-refractivity contribution < 1.29 is 24.2 Å². The van der Waals surface area contributed by atoms with Gasteiger partial charge in [-0.25, -0.2) is 11.1 Å². The molecule has 0 aromatic heterocycles. The summed E-state index contributed by atoms with van der Waals surface area (Å²) in [4.78, 5) is 0. The Morgan fingerprint density at radius 3 is 1.89 bits per heavy atom. The number of fused-ring (bicyclic) bond motifs is 3. The van der Waals surface area contributed by atoms with Gasteiger partial charge in [-0.15, -0.1) is 12.5 Å². The van der Waals surface area contributed by atoms with Crippen LogP contribution in [0.15, 0.2) is 47.6 Å². The van der Waals surface area contributed by atoms with Gasteiger partial charge in [0.15, 0.2) is 0 Å². The molecule has 2 aromatic carbocycles. The second-order valence-corrected chi connectivity index (χ2v) is 14.6. The van der Waals surface area contributed by atoms with Crippen molar-refractivity contribution in [2.75, 3.05) is 0 Å². The number of benzene rings is 2. The predicted molar refractivity (Wildman–Crippen MR) is 154 cm³/mol. The van der Waals surface area contributed by atoms with Gasteiger partial charge in [0.2, 0.25) is 0 Å². The third-order valence-electron chi connectivity index (χ3n) is 7.52. The normalized spacial score (nSPS) is 18.8. The van der Waals surface area contributed by atoms with Crippen molar-refractivity contribution in [2.24, 2.45) is 5.92 Å². The SMILES string of the molecule is CC(C)(C)c1c[c-]c2c(c1)-c1cc(C(C)(C)C)ccc1C2.CC1=[C-]C(C)C=C1C.[Zr+2]=[C]1CCCCC1. The summed E-state index contributed by atoms with van der Waals surface area (Å²) < 4.78 is 1.80. The van der Waals surface area contributed by atoms with Gasteiger partial charge in [0, 0.05) is 0 Å². The predicted octanol–water partition coefficient (Wildman–Crippen LogP) is 9.65. The molecule has 0 radical (unpaired) electrons. The van der Waals surface area contributed by atoms with Gasteiger partial charge in [-0.3, -0.25) is 6.08 Å². The summed E-state index contributed by atoms with van der Waals surface area (Å²) >= 11 is 1.69. The molecule has 3 aliphatic carbocycles. The summed E-state index contributed by atoms with van der Waals surface area (Å²) in [5, 5.41) is 0. The van der Waals surface area contributed by atoms with E-state index in [1.807, 2.05) is 0 Å². The van der Waals surface area contributed by atoms with E-state index in [-0.39, 0.29) is 10.8 Å². The third kappa shape index (κ3) is 7.84. The molecule has 5 rings (SSSR count). The summed E-state index contributed by atoms with van der Waals surface area (Å²) in [5.41, 5.74) is 11.5. The summed E-state index contributed by atoms with van der Waals surface area (Å²) in [6, 6.07) is 15.1. The van der Waals surface area contributed by atoms with Gasteiger partial charge in [0.05, 0.1) is 0 Å². The third-order valence-corrected chi connectivity index (χ3v) is 8.75. The zero-order chi connectivity index (χ0) is 26.7. The van der Waals surface area contributed by atoms with Crippen LogP contribution < -0.4 is 0 Å². The van der Waals surface area contributed by atoms with E-state index < -0.39 is 0 Å². The van der Waals surface area contributed by atoms with E-state index in [2.05, 4.69) is 111 Å². The molecular formula is C35H46Zr. The van der Waals surface area contributed by atoms with Crippen LogP contribution in [0.25, 0.3) is 11.1 Å². The Morgan fingerprint density at radius 1 is 0.833 bits per heavy atom. The Balaban J connectivity index is 0.000000196. The number of allylic oxidation sites excluding steroid dienone is 4. The quantitative estimate of drug-likeness (QED) is 0.241. The zero-order valence-corrected chi connectivity index (χ0v) is 26.7. The van der Waals surface area contributed by atoms with Crippen LogP contribution in [0.4, 0.5) is 0 Å². The van der Waals surface area contributed by atoms with Crippen molar-refractivity contribution in [3.63, 3.8) is 0 Å². The van der Waals surface area contributed by atoms with Crippen LogP contribution in [0.5, 0.6) is 0 Å². The van der Waals surface area contributed by atoms with Crippen molar-refractivity contribution >= 4 is 3.21 Å². The monoisotopic (exact) mass is 556 g/mol. The molecule has 190 valence electrons. The molecule has 0 aliphatic heterocycles. The summed E-state index contributed by atoms with van der Waals surface area (Å²) in [6.45, 7) is 20.0. The molecule has 0 spiro atoms. The molecule has 0 nitrogen and oxygen atoms in total. The number of hydrogen-bond donors (Lipinski definition) is 0. The summed E-state index contributed by atoms with van der Waals surface area (Å²) in [5.74, 6) is 0.551. The summed E-state index contributed by atoms with van der Waals surface area (Å²) in [7, 11) is 0. The molecule has 0 N–H and O–H groups in total. The fourth-order valence-electron chi connectivity index (χ4n) is 4.96. The van der Waals surface area contributed by atoms with Gasteiger partial charge in [-0.05, 0) is 17.4 Å². The maximum absolute atomic E-state index is 3.53. The first-order valence-electron chi connectivity index (χ1n) is 13.8. The Kier molecular flexibility index (Phi) is 9.77. The fraction of sp³-hybridized carbons (Fsp3) is 0.514. The van der Waals surface area contributed by atoms with E-state index in [1.165, 1.54) is 76.6 Å². The van der Waals surface area contributed by atoms with Gasteiger partial charge in [-0.2, -0.15) is 35.4 Å². The van der Waals surface area contributed by atoms with Gasteiger partial charge < -0.3 is 0 Å². The first-order chi connectivity index (χ1) is 16.8. The van der Waals surface area contributed by atoms with Crippen LogP contribution in [0, 0.1) is 18.1 Å². The maximum atomic E-state index is 3.53. The Hall–Kier alpha value is -1.33. The second kappa shape index (κ2) is 12.0. The Labute approximate surface area is 237 Å². The van der Waals surface area contributed by atoms with Crippen molar-refractivity contribution in [1.29, 1.82) is 0 Å². The van der Waals surface area contributed by atoms with Crippen molar-refractivity contribution in [2.45, 2.75) is 112 Å². The minimum absolute atomic E-state index is 0.177. The average molecular weight is 558 g/mol. The second-order valence-electron chi connectivity index (χ2n) is 12.9. The molecule has 0 amide bonds. The minimum atomic E-state index is 0.177. The molecule has 1 fully saturated rings. The first kappa shape index (κ1) is 29.2.